The van der Waals surface area contributed by atoms with Crippen molar-refractivity contribution in [1.29, 1.82) is 0 Å². The topological polar surface area (TPSA) is 78.8 Å². The number of nitrogens with zero attached hydrogens (tertiary/aromatic N) is 4. The highest BCUT2D eigenvalue weighted by molar-refractivity contribution is 9.10. The van der Waals surface area contributed by atoms with Gasteiger partial charge in [0.15, 0.2) is 5.75 Å². The standard InChI is InChI=1S/C13H9BrFN5O/c14-9-6-11(16)12(7-10(9)15)21-13-17-18-19-20(13)8-4-2-1-3-5-8/h1-7H,16H2. The van der Waals surface area contributed by atoms with E-state index in [2.05, 4.69) is 31.5 Å². The molecule has 0 bridgehead atoms. The number of para-hydroxylation sites is 1. The molecule has 3 aromatic rings. The summed E-state index contributed by atoms with van der Waals surface area (Å²) in [5.41, 5.74) is 6.78. The molecule has 0 aliphatic heterocycles. The number of hydrogen-bond acceptors (Lipinski definition) is 5. The maximum Gasteiger partial charge on any atom is 0.345 e. The molecule has 0 fully saturated rings. The van der Waals surface area contributed by atoms with E-state index in [1.807, 2.05) is 30.3 Å². The van der Waals surface area contributed by atoms with Crippen LogP contribution in [-0.4, -0.2) is 20.2 Å². The van der Waals surface area contributed by atoms with E-state index in [0.717, 1.165) is 0 Å². The predicted molar refractivity (Wildman–Crippen MR) is 77.7 cm³/mol. The van der Waals surface area contributed by atoms with E-state index in [1.54, 1.807) is 0 Å². The Morgan fingerprint density at radius 2 is 1.95 bits per heavy atom. The van der Waals surface area contributed by atoms with Gasteiger partial charge in [-0.3, -0.25) is 0 Å². The quantitative estimate of drug-likeness (QED) is 0.735. The Bertz CT molecular complexity index is 777. The molecule has 0 unspecified atom stereocenters. The average molecular weight is 350 g/mol. The number of hydrogen-bond donors (Lipinski definition) is 1. The highest BCUT2D eigenvalue weighted by Gasteiger charge is 2.14. The van der Waals surface area contributed by atoms with E-state index < -0.39 is 5.82 Å². The van der Waals surface area contributed by atoms with Gasteiger partial charge in [-0.25, -0.2) is 4.39 Å². The molecule has 3 rings (SSSR count). The Morgan fingerprint density at radius 3 is 2.71 bits per heavy atom. The minimum Gasteiger partial charge on any atom is -0.421 e. The molecule has 0 saturated heterocycles. The summed E-state index contributed by atoms with van der Waals surface area (Å²) in [5, 5.41) is 11.2. The van der Waals surface area contributed by atoms with Crippen LogP contribution in [-0.2, 0) is 0 Å². The summed E-state index contributed by atoms with van der Waals surface area (Å²) in [6, 6.07) is 11.9. The molecule has 2 aromatic carbocycles. The van der Waals surface area contributed by atoms with Crippen molar-refractivity contribution in [3.63, 3.8) is 0 Å². The maximum atomic E-state index is 13.6. The lowest BCUT2D eigenvalue weighted by molar-refractivity contribution is 0.425. The third-order valence-electron chi connectivity index (χ3n) is 2.70. The first-order valence-electron chi connectivity index (χ1n) is 5.91. The lowest BCUT2D eigenvalue weighted by atomic mass is 10.3. The Morgan fingerprint density at radius 1 is 1.19 bits per heavy atom. The number of aromatic nitrogens is 4. The molecular weight excluding hydrogens is 341 g/mol. The largest absolute Gasteiger partial charge is 0.421 e. The normalized spacial score (nSPS) is 10.6. The first-order chi connectivity index (χ1) is 10.1. The summed E-state index contributed by atoms with van der Waals surface area (Å²) in [6.07, 6.45) is 0. The van der Waals surface area contributed by atoms with Crippen LogP contribution < -0.4 is 10.5 Å². The van der Waals surface area contributed by atoms with E-state index in [4.69, 9.17) is 10.5 Å². The minimum absolute atomic E-state index is 0.0922. The zero-order valence-electron chi connectivity index (χ0n) is 10.6. The van der Waals surface area contributed by atoms with Crippen molar-refractivity contribution in [2.45, 2.75) is 0 Å². The van der Waals surface area contributed by atoms with Crippen LogP contribution in [0.5, 0.6) is 11.8 Å². The van der Waals surface area contributed by atoms with Gasteiger partial charge in [-0.15, -0.1) is 0 Å². The Balaban J connectivity index is 1.97. The van der Waals surface area contributed by atoms with Gasteiger partial charge >= 0.3 is 6.01 Å². The van der Waals surface area contributed by atoms with E-state index in [0.29, 0.717) is 5.69 Å². The van der Waals surface area contributed by atoms with Gasteiger partial charge in [0.1, 0.15) is 5.82 Å². The fourth-order valence-electron chi connectivity index (χ4n) is 1.70. The second-order valence-corrected chi connectivity index (χ2v) is 4.97. The number of tetrazole rings is 1. The molecule has 0 aliphatic rings. The first kappa shape index (κ1) is 13.5. The molecule has 0 atom stereocenters. The monoisotopic (exact) mass is 349 g/mol. The van der Waals surface area contributed by atoms with Crippen LogP contribution in [0.3, 0.4) is 0 Å². The van der Waals surface area contributed by atoms with Gasteiger partial charge in [0.25, 0.3) is 0 Å². The van der Waals surface area contributed by atoms with Crippen LogP contribution in [0.15, 0.2) is 46.9 Å². The Labute approximate surface area is 127 Å². The van der Waals surface area contributed by atoms with Crippen LogP contribution in [0, 0.1) is 5.82 Å². The van der Waals surface area contributed by atoms with Crippen molar-refractivity contribution in [3.05, 3.63) is 52.8 Å². The van der Waals surface area contributed by atoms with E-state index >= 15 is 0 Å². The van der Waals surface area contributed by atoms with Gasteiger partial charge in [0.05, 0.1) is 15.8 Å². The number of ether oxygens (including phenoxy) is 1. The van der Waals surface area contributed by atoms with Crippen LogP contribution in [0.1, 0.15) is 0 Å². The molecule has 1 heterocycles. The second kappa shape index (κ2) is 5.49. The second-order valence-electron chi connectivity index (χ2n) is 4.12. The van der Waals surface area contributed by atoms with Gasteiger partial charge in [-0.05, 0) is 44.6 Å². The molecule has 0 saturated carbocycles. The van der Waals surface area contributed by atoms with Crippen molar-refractivity contribution < 1.29 is 9.13 Å². The summed E-state index contributed by atoms with van der Waals surface area (Å²) >= 11 is 3.05. The lowest BCUT2D eigenvalue weighted by Crippen LogP contribution is -2.02. The number of rotatable bonds is 3. The molecule has 2 N–H and O–H groups in total. The number of nitrogens with two attached hydrogens (primary N) is 1. The SMILES string of the molecule is Nc1cc(Br)c(F)cc1Oc1nnnn1-c1ccccc1. The van der Waals surface area contributed by atoms with Crippen LogP contribution in [0.4, 0.5) is 10.1 Å². The molecule has 0 radical (unpaired) electrons. The third-order valence-corrected chi connectivity index (χ3v) is 3.30. The van der Waals surface area contributed by atoms with E-state index in [9.17, 15) is 4.39 Å². The molecule has 0 amide bonds. The van der Waals surface area contributed by atoms with Crippen molar-refractivity contribution in [2.75, 3.05) is 5.73 Å². The van der Waals surface area contributed by atoms with Gasteiger partial charge in [0, 0.05) is 6.07 Å². The van der Waals surface area contributed by atoms with Crippen LogP contribution in [0.25, 0.3) is 5.69 Å². The van der Waals surface area contributed by atoms with Gasteiger partial charge < -0.3 is 10.5 Å². The van der Waals surface area contributed by atoms with Gasteiger partial charge in [-0.1, -0.05) is 23.3 Å². The van der Waals surface area contributed by atoms with E-state index in [1.165, 1.54) is 16.8 Å². The zero-order chi connectivity index (χ0) is 14.8. The van der Waals surface area contributed by atoms with Gasteiger partial charge in [0.2, 0.25) is 0 Å². The van der Waals surface area contributed by atoms with Gasteiger partial charge in [-0.2, -0.15) is 4.68 Å². The molecule has 8 heteroatoms. The minimum atomic E-state index is -0.488. The Hall–Kier alpha value is -2.48. The highest BCUT2D eigenvalue weighted by Crippen LogP contribution is 2.31. The molecule has 0 spiro atoms. The number of anilines is 1. The summed E-state index contributed by atoms with van der Waals surface area (Å²) < 4.78 is 20.7. The summed E-state index contributed by atoms with van der Waals surface area (Å²) in [4.78, 5) is 0. The summed E-state index contributed by atoms with van der Waals surface area (Å²) in [5.74, 6) is -0.347. The maximum absolute atomic E-state index is 13.6. The molecule has 106 valence electrons. The third kappa shape index (κ3) is 2.70. The molecule has 1 aromatic heterocycles. The fourth-order valence-corrected chi connectivity index (χ4v) is 2.07. The van der Waals surface area contributed by atoms with Crippen molar-refractivity contribution in [3.8, 4) is 17.4 Å². The van der Waals surface area contributed by atoms with Crippen molar-refractivity contribution in [2.24, 2.45) is 0 Å². The summed E-state index contributed by atoms with van der Waals surface area (Å²) in [6.45, 7) is 0. The Kier molecular flexibility index (Phi) is 3.53. The molecule has 21 heavy (non-hydrogen) atoms. The molecule has 0 aliphatic carbocycles. The molecule has 6 nitrogen and oxygen atoms in total. The number of benzene rings is 2. The van der Waals surface area contributed by atoms with Crippen LogP contribution in [0.2, 0.25) is 0 Å². The smallest absolute Gasteiger partial charge is 0.345 e. The fraction of sp³-hybridized carbons (Fsp3) is 0. The van der Waals surface area contributed by atoms with E-state index in [-0.39, 0.29) is 21.9 Å². The highest BCUT2D eigenvalue weighted by atomic mass is 79.9. The predicted octanol–water partition coefficient (Wildman–Crippen LogP) is 2.94. The van der Waals surface area contributed by atoms with Crippen molar-refractivity contribution in [1.82, 2.24) is 20.2 Å². The number of halogens is 2. The van der Waals surface area contributed by atoms with Crippen LogP contribution >= 0.6 is 15.9 Å². The first-order valence-corrected chi connectivity index (χ1v) is 6.70. The lowest BCUT2D eigenvalue weighted by Gasteiger charge is -2.09. The van der Waals surface area contributed by atoms with Crippen molar-refractivity contribution >= 4 is 21.6 Å². The zero-order valence-corrected chi connectivity index (χ0v) is 12.2. The molecular formula is C13H9BrFN5O. The average Bonchev–Trinajstić information content (AvgIpc) is 2.94. The number of nitrogen functional groups attached to an aromatic ring is 1. The summed E-state index contributed by atoms with van der Waals surface area (Å²) in [7, 11) is 0.